The second-order valence-electron chi connectivity index (χ2n) is 4.59. The number of aryl methyl sites for hydroxylation is 1. The molecule has 0 saturated heterocycles. The molecule has 1 fully saturated rings. The smallest absolute Gasteiger partial charge is 0.202 e. The summed E-state index contributed by atoms with van der Waals surface area (Å²) in [5, 5.41) is 4.61. The SMILES string of the molecule is CCc1nsc(NC2CC(Cl)C2(C)C)n1. The Kier molecular flexibility index (Phi) is 2.90. The van der Waals surface area contributed by atoms with E-state index < -0.39 is 0 Å². The summed E-state index contributed by atoms with van der Waals surface area (Å²) >= 11 is 7.60. The van der Waals surface area contributed by atoms with E-state index >= 15 is 0 Å². The van der Waals surface area contributed by atoms with Crippen LogP contribution in [0.2, 0.25) is 0 Å². The molecule has 1 heterocycles. The molecule has 0 bridgehead atoms. The lowest BCUT2D eigenvalue weighted by Crippen LogP contribution is -2.54. The van der Waals surface area contributed by atoms with Gasteiger partial charge in [-0.25, -0.2) is 4.98 Å². The van der Waals surface area contributed by atoms with Crippen molar-refractivity contribution in [1.29, 1.82) is 0 Å². The lowest BCUT2D eigenvalue weighted by atomic mass is 9.67. The highest BCUT2D eigenvalue weighted by Crippen LogP contribution is 2.45. The van der Waals surface area contributed by atoms with Crippen molar-refractivity contribution in [1.82, 2.24) is 9.36 Å². The number of aromatic nitrogens is 2. The van der Waals surface area contributed by atoms with E-state index in [2.05, 4.69) is 35.4 Å². The first kappa shape index (κ1) is 11.1. The van der Waals surface area contributed by atoms with Gasteiger partial charge in [0.1, 0.15) is 5.82 Å². The van der Waals surface area contributed by atoms with Gasteiger partial charge in [0.15, 0.2) is 0 Å². The van der Waals surface area contributed by atoms with E-state index in [9.17, 15) is 0 Å². The molecule has 1 aromatic heterocycles. The second kappa shape index (κ2) is 3.91. The summed E-state index contributed by atoms with van der Waals surface area (Å²) in [5.41, 5.74) is 0.152. The van der Waals surface area contributed by atoms with Gasteiger partial charge in [-0.15, -0.1) is 11.6 Å². The van der Waals surface area contributed by atoms with E-state index in [0.717, 1.165) is 23.8 Å². The highest BCUT2D eigenvalue weighted by molar-refractivity contribution is 7.09. The van der Waals surface area contributed by atoms with Crippen LogP contribution in [0.5, 0.6) is 0 Å². The molecule has 0 spiro atoms. The van der Waals surface area contributed by atoms with Gasteiger partial charge in [0.25, 0.3) is 0 Å². The number of rotatable bonds is 3. The largest absolute Gasteiger partial charge is 0.357 e. The Bertz CT molecular complexity index is 350. The molecule has 0 aromatic carbocycles. The minimum absolute atomic E-state index is 0.152. The summed E-state index contributed by atoms with van der Waals surface area (Å²) in [5.74, 6) is 0.919. The zero-order valence-electron chi connectivity index (χ0n) is 9.25. The predicted octanol–water partition coefficient (Wildman–Crippen LogP) is 2.92. The first-order valence-corrected chi connectivity index (χ1v) is 6.48. The quantitative estimate of drug-likeness (QED) is 0.833. The van der Waals surface area contributed by atoms with E-state index in [4.69, 9.17) is 11.6 Å². The zero-order chi connectivity index (χ0) is 11.1. The van der Waals surface area contributed by atoms with Crippen molar-refractivity contribution in [3.63, 3.8) is 0 Å². The van der Waals surface area contributed by atoms with Gasteiger partial charge in [-0.1, -0.05) is 20.8 Å². The highest BCUT2D eigenvalue weighted by atomic mass is 35.5. The van der Waals surface area contributed by atoms with Crippen LogP contribution in [0.15, 0.2) is 0 Å². The minimum atomic E-state index is 0.152. The number of hydrogen-bond acceptors (Lipinski definition) is 4. The summed E-state index contributed by atoms with van der Waals surface area (Å²) in [6.07, 6.45) is 1.90. The topological polar surface area (TPSA) is 37.8 Å². The molecule has 2 atom stereocenters. The van der Waals surface area contributed by atoms with Crippen LogP contribution in [0.4, 0.5) is 5.13 Å². The third kappa shape index (κ3) is 1.97. The van der Waals surface area contributed by atoms with Gasteiger partial charge in [0.05, 0.1) is 0 Å². The van der Waals surface area contributed by atoms with Crippen LogP contribution in [0, 0.1) is 5.41 Å². The van der Waals surface area contributed by atoms with Crippen LogP contribution in [0.1, 0.15) is 33.0 Å². The van der Waals surface area contributed by atoms with Crippen LogP contribution in [0.3, 0.4) is 0 Å². The Balaban J connectivity index is 1.98. The van der Waals surface area contributed by atoms with Gasteiger partial charge in [-0.3, -0.25) is 0 Å². The van der Waals surface area contributed by atoms with Crippen molar-refractivity contribution < 1.29 is 0 Å². The lowest BCUT2D eigenvalue weighted by Gasteiger charge is -2.49. The molecule has 1 aliphatic rings. The molecule has 0 radical (unpaired) electrons. The normalized spacial score (nSPS) is 28.5. The van der Waals surface area contributed by atoms with E-state index in [1.807, 2.05) is 0 Å². The van der Waals surface area contributed by atoms with E-state index in [0.29, 0.717) is 6.04 Å². The Hall–Kier alpha value is -0.350. The maximum Gasteiger partial charge on any atom is 0.202 e. The predicted molar refractivity (Wildman–Crippen MR) is 64.7 cm³/mol. The summed E-state index contributed by atoms with van der Waals surface area (Å²) in [6, 6.07) is 0.428. The van der Waals surface area contributed by atoms with Gasteiger partial charge in [-0.05, 0) is 6.42 Å². The maximum atomic E-state index is 6.16. The average Bonchev–Trinajstić information content (AvgIpc) is 2.65. The van der Waals surface area contributed by atoms with Gasteiger partial charge < -0.3 is 5.32 Å². The number of hydrogen-bond donors (Lipinski definition) is 1. The number of nitrogens with zero attached hydrogens (tertiary/aromatic N) is 2. The third-order valence-electron chi connectivity index (χ3n) is 3.23. The number of nitrogens with one attached hydrogen (secondary N) is 1. The Labute approximate surface area is 99.4 Å². The van der Waals surface area contributed by atoms with Crippen LogP contribution in [0.25, 0.3) is 0 Å². The molecule has 1 aromatic rings. The lowest BCUT2D eigenvalue weighted by molar-refractivity contribution is 0.168. The fourth-order valence-corrected chi connectivity index (χ4v) is 2.76. The summed E-state index contributed by atoms with van der Waals surface area (Å²) in [4.78, 5) is 4.39. The fourth-order valence-electron chi connectivity index (χ4n) is 1.72. The first-order valence-electron chi connectivity index (χ1n) is 5.27. The molecule has 2 rings (SSSR count). The summed E-state index contributed by atoms with van der Waals surface area (Å²) in [7, 11) is 0. The molecule has 5 heteroatoms. The summed E-state index contributed by atoms with van der Waals surface area (Å²) in [6.45, 7) is 6.44. The number of halogens is 1. The van der Waals surface area contributed by atoms with Crippen LogP contribution >= 0.6 is 23.1 Å². The average molecular weight is 246 g/mol. The molecule has 1 saturated carbocycles. The molecule has 3 nitrogen and oxygen atoms in total. The molecule has 1 N–H and O–H groups in total. The molecule has 1 aliphatic carbocycles. The van der Waals surface area contributed by atoms with Crippen molar-refractivity contribution in [2.24, 2.45) is 5.41 Å². The van der Waals surface area contributed by atoms with Crippen molar-refractivity contribution in [2.75, 3.05) is 5.32 Å². The standard InChI is InChI=1S/C10H16ClN3S/c1-4-8-13-9(15-14-8)12-7-5-6(11)10(7,2)3/h6-7H,4-5H2,1-3H3,(H,12,13,14). The molecule has 0 aliphatic heterocycles. The van der Waals surface area contributed by atoms with Crippen molar-refractivity contribution in [3.8, 4) is 0 Å². The van der Waals surface area contributed by atoms with Crippen LogP contribution < -0.4 is 5.32 Å². The summed E-state index contributed by atoms with van der Waals surface area (Å²) < 4.78 is 4.25. The van der Waals surface area contributed by atoms with Gasteiger partial charge in [-0.2, -0.15) is 4.37 Å². The maximum absolute atomic E-state index is 6.16. The van der Waals surface area contributed by atoms with Crippen molar-refractivity contribution in [3.05, 3.63) is 5.82 Å². The molecule has 2 unspecified atom stereocenters. The molecule has 0 amide bonds. The Morgan fingerprint density at radius 1 is 1.60 bits per heavy atom. The third-order valence-corrected chi connectivity index (χ3v) is 4.65. The highest BCUT2D eigenvalue weighted by Gasteiger charge is 2.47. The number of alkyl halides is 1. The van der Waals surface area contributed by atoms with Crippen LogP contribution in [-0.2, 0) is 6.42 Å². The zero-order valence-corrected chi connectivity index (χ0v) is 10.8. The molecular formula is C10H16ClN3S. The van der Waals surface area contributed by atoms with Crippen LogP contribution in [-0.4, -0.2) is 20.8 Å². The monoisotopic (exact) mass is 245 g/mol. The Morgan fingerprint density at radius 2 is 2.33 bits per heavy atom. The van der Waals surface area contributed by atoms with Gasteiger partial charge in [0.2, 0.25) is 5.13 Å². The second-order valence-corrected chi connectivity index (χ2v) is 5.87. The first-order chi connectivity index (χ1) is 7.04. The van der Waals surface area contributed by atoms with Crippen molar-refractivity contribution in [2.45, 2.75) is 45.0 Å². The number of anilines is 1. The molecule has 84 valence electrons. The van der Waals surface area contributed by atoms with E-state index in [1.54, 1.807) is 0 Å². The Morgan fingerprint density at radius 3 is 2.80 bits per heavy atom. The van der Waals surface area contributed by atoms with E-state index in [1.165, 1.54) is 11.5 Å². The van der Waals surface area contributed by atoms with E-state index in [-0.39, 0.29) is 10.8 Å². The minimum Gasteiger partial charge on any atom is -0.357 e. The fraction of sp³-hybridized carbons (Fsp3) is 0.800. The molecule has 15 heavy (non-hydrogen) atoms. The van der Waals surface area contributed by atoms with Crippen molar-refractivity contribution >= 4 is 28.3 Å². The molecular weight excluding hydrogens is 230 g/mol. The van der Waals surface area contributed by atoms with Gasteiger partial charge in [0, 0.05) is 34.8 Å². The van der Waals surface area contributed by atoms with Gasteiger partial charge >= 0.3 is 0 Å².